The average Bonchev–Trinajstić information content (AvgIpc) is 2.82. The zero-order valence-electron chi connectivity index (χ0n) is 20.4. The molecule has 0 aliphatic carbocycles. The Morgan fingerprint density at radius 2 is 1.58 bits per heavy atom. The van der Waals surface area contributed by atoms with Gasteiger partial charge >= 0.3 is 18.2 Å². The van der Waals surface area contributed by atoms with Crippen molar-refractivity contribution in [2.24, 2.45) is 0 Å². The van der Waals surface area contributed by atoms with Crippen LogP contribution in [0.2, 0.25) is 0 Å². The first-order valence-corrected chi connectivity index (χ1v) is 11.2. The molecule has 1 atom stereocenters. The summed E-state index contributed by atoms with van der Waals surface area (Å²) in [4.78, 5) is 47.4. The van der Waals surface area contributed by atoms with E-state index in [1.54, 1.807) is 57.2 Å². The Bertz CT molecular complexity index is 1020. The molecule has 0 saturated carbocycles. The monoisotopic (exact) mass is 501 g/mol. The maximum Gasteiger partial charge on any atom is 0.408 e. The number of alkyl carbamates (subject to hydrolysis) is 2. The van der Waals surface area contributed by atoms with Crippen molar-refractivity contribution in [2.45, 2.75) is 39.0 Å². The number of rotatable bonds is 11. The number of hydrogen-bond donors (Lipinski definition) is 4. The molecule has 0 aromatic heterocycles. The van der Waals surface area contributed by atoms with Gasteiger partial charge in [-0.15, -0.1) is 0 Å². The van der Waals surface area contributed by atoms with Crippen molar-refractivity contribution >= 4 is 24.1 Å². The first-order chi connectivity index (χ1) is 17.0. The second kappa shape index (κ2) is 13.6. The minimum atomic E-state index is -1.38. The van der Waals surface area contributed by atoms with Crippen LogP contribution in [0.15, 0.2) is 54.6 Å². The molecule has 36 heavy (non-hydrogen) atoms. The third kappa shape index (κ3) is 10.8. The maximum absolute atomic E-state index is 12.4. The molecule has 3 amide bonds. The maximum atomic E-state index is 12.4. The Balaban J connectivity index is 1.74. The van der Waals surface area contributed by atoms with E-state index in [0.29, 0.717) is 5.75 Å². The molecule has 0 spiro atoms. The fourth-order valence-corrected chi connectivity index (χ4v) is 2.74. The summed E-state index contributed by atoms with van der Waals surface area (Å²) in [6.07, 6.45) is -1.46. The summed E-state index contributed by atoms with van der Waals surface area (Å²) in [5.41, 5.74) is 0.428. The van der Waals surface area contributed by atoms with Gasteiger partial charge < -0.3 is 35.3 Å². The number of hydrogen-bond acceptors (Lipinski definition) is 7. The second-order valence-electron chi connectivity index (χ2n) is 8.61. The summed E-state index contributed by atoms with van der Waals surface area (Å²) in [6, 6.07) is 13.7. The van der Waals surface area contributed by atoms with E-state index in [0.717, 1.165) is 5.56 Å². The lowest BCUT2D eigenvalue weighted by Crippen LogP contribution is -2.48. The molecule has 0 bridgehead atoms. The molecule has 194 valence electrons. The number of benzene rings is 2. The molecule has 0 heterocycles. The molecule has 0 saturated heterocycles. The van der Waals surface area contributed by atoms with Gasteiger partial charge in [-0.1, -0.05) is 30.3 Å². The highest BCUT2D eigenvalue weighted by Crippen LogP contribution is 2.12. The highest BCUT2D eigenvalue weighted by atomic mass is 16.6. The first kappa shape index (κ1) is 28.0. The molecule has 0 aliphatic rings. The molecule has 2 aromatic carbocycles. The summed E-state index contributed by atoms with van der Waals surface area (Å²) >= 11 is 0. The van der Waals surface area contributed by atoms with Gasteiger partial charge in [0.2, 0.25) is 0 Å². The Hall–Kier alpha value is -4.28. The largest absolute Gasteiger partial charge is 0.492 e. The minimum absolute atomic E-state index is 0.0170. The SMILES string of the molecule is CC(C)(C)OC(=O)NCCOc1ccc(C(=O)NC[C@H](NC(=O)OCc2ccccc2)C(=O)O)cc1. The van der Waals surface area contributed by atoms with E-state index in [9.17, 15) is 24.3 Å². The summed E-state index contributed by atoms with van der Waals surface area (Å²) < 4.78 is 15.6. The van der Waals surface area contributed by atoms with E-state index in [2.05, 4.69) is 16.0 Å². The molecule has 0 aliphatic heterocycles. The number of amides is 3. The number of nitrogens with one attached hydrogen (secondary N) is 3. The van der Waals surface area contributed by atoms with Gasteiger partial charge in [0.1, 0.15) is 30.6 Å². The van der Waals surface area contributed by atoms with Crippen molar-refractivity contribution < 1.29 is 38.5 Å². The molecular weight excluding hydrogens is 470 g/mol. The highest BCUT2D eigenvalue weighted by Gasteiger charge is 2.22. The predicted molar refractivity (Wildman–Crippen MR) is 130 cm³/mol. The Morgan fingerprint density at radius 3 is 2.19 bits per heavy atom. The van der Waals surface area contributed by atoms with Crippen molar-refractivity contribution in [1.82, 2.24) is 16.0 Å². The van der Waals surface area contributed by atoms with Crippen LogP contribution >= 0.6 is 0 Å². The van der Waals surface area contributed by atoms with Crippen LogP contribution in [0, 0.1) is 0 Å². The quantitative estimate of drug-likeness (QED) is 0.343. The van der Waals surface area contributed by atoms with Crippen molar-refractivity contribution in [3.63, 3.8) is 0 Å². The fraction of sp³-hybridized carbons (Fsp3) is 0.360. The lowest BCUT2D eigenvalue weighted by Gasteiger charge is -2.19. The zero-order valence-corrected chi connectivity index (χ0v) is 20.4. The Labute approximate surface area is 209 Å². The van der Waals surface area contributed by atoms with Crippen LogP contribution in [0.5, 0.6) is 5.75 Å². The third-order valence-corrected chi connectivity index (χ3v) is 4.43. The number of carbonyl (C=O) groups excluding carboxylic acids is 3. The number of carbonyl (C=O) groups is 4. The number of carboxylic acid groups (broad SMARTS) is 1. The molecule has 11 heteroatoms. The van der Waals surface area contributed by atoms with E-state index in [-0.39, 0.29) is 31.9 Å². The van der Waals surface area contributed by atoms with Gasteiger partial charge in [0.05, 0.1) is 6.54 Å². The van der Waals surface area contributed by atoms with Crippen molar-refractivity contribution in [3.05, 3.63) is 65.7 Å². The van der Waals surface area contributed by atoms with Crippen LogP contribution in [-0.2, 0) is 20.9 Å². The minimum Gasteiger partial charge on any atom is -0.492 e. The lowest BCUT2D eigenvalue weighted by molar-refractivity contribution is -0.139. The molecule has 2 rings (SSSR count). The summed E-state index contributed by atoms with van der Waals surface area (Å²) in [5.74, 6) is -1.38. The lowest BCUT2D eigenvalue weighted by atomic mass is 10.2. The fourth-order valence-electron chi connectivity index (χ4n) is 2.74. The average molecular weight is 502 g/mol. The second-order valence-corrected chi connectivity index (χ2v) is 8.61. The van der Waals surface area contributed by atoms with Crippen LogP contribution < -0.4 is 20.7 Å². The van der Waals surface area contributed by atoms with Gasteiger partial charge in [-0.2, -0.15) is 0 Å². The van der Waals surface area contributed by atoms with Crippen molar-refractivity contribution in [2.75, 3.05) is 19.7 Å². The molecule has 2 aromatic rings. The van der Waals surface area contributed by atoms with Gasteiger partial charge in [0, 0.05) is 12.1 Å². The summed E-state index contributed by atoms with van der Waals surface area (Å²) in [5, 5.41) is 16.6. The third-order valence-electron chi connectivity index (χ3n) is 4.43. The number of carboxylic acids is 1. The topological polar surface area (TPSA) is 152 Å². The van der Waals surface area contributed by atoms with Crippen LogP contribution in [-0.4, -0.2) is 60.5 Å². The zero-order chi connectivity index (χ0) is 26.6. The van der Waals surface area contributed by atoms with Crippen LogP contribution in [0.3, 0.4) is 0 Å². The standard InChI is InChI=1S/C25H31N3O8/c1-25(2,3)36-23(32)26-13-14-34-19-11-9-18(10-12-19)21(29)27-15-20(22(30)31)28-24(33)35-16-17-7-5-4-6-8-17/h4-12,20H,13-16H2,1-3H3,(H,26,32)(H,27,29)(H,28,33)(H,30,31)/t20-/m0/s1. The van der Waals surface area contributed by atoms with Crippen molar-refractivity contribution in [1.29, 1.82) is 0 Å². The molecule has 0 unspecified atom stereocenters. The summed E-state index contributed by atoms with van der Waals surface area (Å²) in [6.45, 7) is 5.35. The van der Waals surface area contributed by atoms with Crippen molar-refractivity contribution in [3.8, 4) is 5.75 Å². The van der Waals surface area contributed by atoms with Gasteiger partial charge in [0.15, 0.2) is 0 Å². The van der Waals surface area contributed by atoms with E-state index in [1.165, 1.54) is 12.1 Å². The van der Waals surface area contributed by atoms with Gasteiger partial charge in [-0.3, -0.25) is 4.79 Å². The highest BCUT2D eigenvalue weighted by molar-refractivity contribution is 5.94. The predicted octanol–water partition coefficient (Wildman–Crippen LogP) is 2.70. The Morgan fingerprint density at radius 1 is 0.917 bits per heavy atom. The molecular formula is C25H31N3O8. The summed E-state index contributed by atoms with van der Waals surface area (Å²) in [7, 11) is 0. The Kier molecular flexibility index (Phi) is 10.5. The van der Waals surface area contributed by atoms with Gasteiger partial charge in [-0.05, 0) is 50.6 Å². The van der Waals surface area contributed by atoms with Gasteiger partial charge in [0.25, 0.3) is 5.91 Å². The molecule has 0 fully saturated rings. The van der Waals surface area contributed by atoms with Crippen LogP contribution in [0.1, 0.15) is 36.7 Å². The smallest absolute Gasteiger partial charge is 0.408 e. The number of aliphatic carboxylic acids is 1. The van der Waals surface area contributed by atoms with E-state index in [4.69, 9.17) is 14.2 Å². The first-order valence-electron chi connectivity index (χ1n) is 11.2. The van der Waals surface area contributed by atoms with E-state index >= 15 is 0 Å². The van der Waals surface area contributed by atoms with E-state index < -0.39 is 35.7 Å². The van der Waals surface area contributed by atoms with Crippen LogP contribution in [0.25, 0.3) is 0 Å². The van der Waals surface area contributed by atoms with Crippen LogP contribution in [0.4, 0.5) is 9.59 Å². The molecule has 0 radical (unpaired) electrons. The van der Waals surface area contributed by atoms with Gasteiger partial charge in [-0.25, -0.2) is 14.4 Å². The van der Waals surface area contributed by atoms with E-state index in [1.807, 2.05) is 6.07 Å². The molecule has 4 N–H and O–H groups in total. The normalized spacial score (nSPS) is 11.5. The number of ether oxygens (including phenoxy) is 3. The molecule has 11 nitrogen and oxygen atoms in total.